The predicted molar refractivity (Wildman–Crippen MR) is 106 cm³/mol. The minimum Gasteiger partial charge on any atom is -0.479 e. The number of fused-ring (bicyclic) bond motifs is 3. The number of amides is 1. The van der Waals surface area contributed by atoms with Gasteiger partial charge in [0, 0.05) is 12.5 Å². The van der Waals surface area contributed by atoms with Gasteiger partial charge in [-0.25, -0.2) is 9.59 Å². The molecule has 0 unspecified atom stereocenters. The number of ether oxygens (including phenoxy) is 1. The number of carbonyl (C=O) groups is 2. The predicted octanol–water partition coefficient (Wildman–Crippen LogP) is 4.43. The zero-order valence-electron chi connectivity index (χ0n) is 15.8. The van der Waals surface area contributed by atoms with Crippen LogP contribution in [0.2, 0.25) is 0 Å². The van der Waals surface area contributed by atoms with E-state index >= 15 is 0 Å². The average molecular weight is 377 g/mol. The molecule has 1 atom stereocenters. The molecule has 1 N–H and O–H groups in total. The zero-order valence-corrected chi connectivity index (χ0v) is 15.8. The molecule has 0 spiro atoms. The fourth-order valence-electron chi connectivity index (χ4n) is 4.51. The van der Waals surface area contributed by atoms with Gasteiger partial charge in [-0.05, 0) is 42.0 Å². The Kier molecular flexibility index (Phi) is 4.67. The van der Waals surface area contributed by atoms with Gasteiger partial charge in [-0.3, -0.25) is 4.90 Å². The van der Waals surface area contributed by atoms with Crippen molar-refractivity contribution in [3.05, 3.63) is 71.8 Å². The van der Waals surface area contributed by atoms with Gasteiger partial charge in [-0.2, -0.15) is 0 Å². The van der Waals surface area contributed by atoms with Gasteiger partial charge in [0.05, 0.1) is 0 Å². The molecule has 1 aliphatic carbocycles. The Hall–Kier alpha value is -3.08. The third kappa shape index (κ3) is 2.78. The summed E-state index contributed by atoms with van der Waals surface area (Å²) in [5, 5.41) is 9.75. The number of aliphatic carboxylic acids is 1. The highest BCUT2D eigenvalue weighted by Gasteiger charge is 2.49. The standard InChI is InChI=1S/C23H23NO4/c1-2-12-23(21(25)26)13-7-14-24(23)22(27)28-15-20-18-10-5-3-8-16(18)17-9-4-6-11-19(17)20/h2-6,8-12,20H,7,13-15H2,1H3,(H,25,26)/b12-2+/t23-/m0/s1. The van der Waals surface area contributed by atoms with E-state index in [1.807, 2.05) is 24.3 Å². The molecule has 2 aromatic rings. The van der Waals surface area contributed by atoms with Crippen LogP contribution >= 0.6 is 0 Å². The maximum atomic E-state index is 12.8. The summed E-state index contributed by atoms with van der Waals surface area (Å²) < 4.78 is 5.67. The van der Waals surface area contributed by atoms with E-state index in [1.165, 1.54) is 4.90 Å². The van der Waals surface area contributed by atoms with Gasteiger partial charge in [0.15, 0.2) is 5.54 Å². The second-order valence-electron chi connectivity index (χ2n) is 7.29. The summed E-state index contributed by atoms with van der Waals surface area (Å²) in [4.78, 5) is 26.1. The summed E-state index contributed by atoms with van der Waals surface area (Å²) in [5.41, 5.74) is 3.28. The molecule has 0 bridgehead atoms. The van der Waals surface area contributed by atoms with Crippen LogP contribution in [-0.2, 0) is 9.53 Å². The van der Waals surface area contributed by atoms with Crippen LogP contribution in [0.5, 0.6) is 0 Å². The number of likely N-dealkylation sites (tertiary alicyclic amines) is 1. The van der Waals surface area contributed by atoms with E-state index in [2.05, 4.69) is 24.3 Å². The lowest BCUT2D eigenvalue weighted by Gasteiger charge is -2.31. The smallest absolute Gasteiger partial charge is 0.411 e. The highest BCUT2D eigenvalue weighted by molar-refractivity contribution is 5.87. The molecule has 2 aliphatic rings. The Labute approximate surface area is 164 Å². The van der Waals surface area contributed by atoms with Gasteiger partial charge in [0.2, 0.25) is 0 Å². The quantitative estimate of drug-likeness (QED) is 0.801. The number of hydrogen-bond acceptors (Lipinski definition) is 3. The van der Waals surface area contributed by atoms with E-state index in [1.54, 1.807) is 19.1 Å². The molecule has 5 heteroatoms. The third-order valence-corrected chi connectivity index (χ3v) is 5.79. The van der Waals surface area contributed by atoms with E-state index in [-0.39, 0.29) is 12.5 Å². The lowest BCUT2D eigenvalue weighted by Crippen LogP contribution is -2.52. The summed E-state index contributed by atoms with van der Waals surface area (Å²) in [6.07, 6.45) is 3.74. The summed E-state index contributed by atoms with van der Waals surface area (Å²) in [6, 6.07) is 16.3. The molecule has 1 amide bonds. The van der Waals surface area contributed by atoms with Crippen LogP contribution in [0.25, 0.3) is 11.1 Å². The minimum absolute atomic E-state index is 0.0418. The van der Waals surface area contributed by atoms with E-state index in [0.29, 0.717) is 19.4 Å². The number of benzene rings is 2. The molecule has 1 aliphatic heterocycles. The van der Waals surface area contributed by atoms with Gasteiger partial charge < -0.3 is 9.84 Å². The number of allylic oxidation sites excluding steroid dienone is 1. The first-order valence-corrected chi connectivity index (χ1v) is 9.58. The molecule has 4 rings (SSSR count). The highest BCUT2D eigenvalue weighted by atomic mass is 16.6. The number of rotatable bonds is 4. The van der Waals surface area contributed by atoms with E-state index in [9.17, 15) is 14.7 Å². The molecule has 28 heavy (non-hydrogen) atoms. The topological polar surface area (TPSA) is 66.8 Å². The fourth-order valence-corrected chi connectivity index (χ4v) is 4.51. The zero-order chi connectivity index (χ0) is 19.7. The Morgan fingerprint density at radius 1 is 1.14 bits per heavy atom. The lowest BCUT2D eigenvalue weighted by atomic mass is 9.96. The number of carbonyl (C=O) groups excluding carboxylic acids is 1. The van der Waals surface area contributed by atoms with Gasteiger partial charge >= 0.3 is 12.1 Å². The first-order chi connectivity index (χ1) is 13.6. The molecule has 144 valence electrons. The van der Waals surface area contributed by atoms with Gasteiger partial charge in [-0.1, -0.05) is 60.7 Å². The number of carboxylic acids is 1. The van der Waals surface area contributed by atoms with Crippen molar-refractivity contribution < 1.29 is 19.4 Å². The summed E-state index contributed by atoms with van der Waals surface area (Å²) >= 11 is 0. The van der Waals surface area contributed by atoms with Crippen LogP contribution in [0.4, 0.5) is 4.79 Å². The second-order valence-corrected chi connectivity index (χ2v) is 7.29. The van der Waals surface area contributed by atoms with Crippen molar-refractivity contribution in [1.29, 1.82) is 0 Å². The van der Waals surface area contributed by atoms with Crippen LogP contribution < -0.4 is 0 Å². The number of nitrogens with zero attached hydrogens (tertiary/aromatic N) is 1. The maximum absolute atomic E-state index is 12.8. The molecule has 2 aromatic carbocycles. The van der Waals surface area contributed by atoms with Crippen molar-refractivity contribution in [2.75, 3.05) is 13.2 Å². The van der Waals surface area contributed by atoms with Crippen molar-refractivity contribution in [2.24, 2.45) is 0 Å². The van der Waals surface area contributed by atoms with Crippen molar-refractivity contribution in [1.82, 2.24) is 4.90 Å². The molecule has 0 aromatic heterocycles. The van der Waals surface area contributed by atoms with Crippen LogP contribution in [0.1, 0.15) is 36.8 Å². The molecule has 0 saturated carbocycles. The summed E-state index contributed by atoms with van der Waals surface area (Å²) in [6.45, 7) is 2.33. The van der Waals surface area contributed by atoms with E-state index in [4.69, 9.17) is 4.74 Å². The highest BCUT2D eigenvalue weighted by Crippen LogP contribution is 2.44. The average Bonchev–Trinajstić information content (AvgIpc) is 3.27. The van der Waals surface area contributed by atoms with Crippen molar-refractivity contribution in [2.45, 2.75) is 31.2 Å². The largest absolute Gasteiger partial charge is 0.479 e. The van der Waals surface area contributed by atoms with Crippen molar-refractivity contribution in [3.63, 3.8) is 0 Å². The second kappa shape index (κ2) is 7.15. The minimum atomic E-state index is -1.31. The van der Waals surface area contributed by atoms with Crippen molar-refractivity contribution >= 4 is 12.1 Å². The first kappa shape index (κ1) is 18.3. The number of carboxylic acid groups (broad SMARTS) is 1. The first-order valence-electron chi connectivity index (χ1n) is 9.58. The Bertz CT molecular complexity index is 906. The molecule has 0 radical (unpaired) electrons. The number of hydrogen-bond donors (Lipinski definition) is 1. The Morgan fingerprint density at radius 2 is 1.75 bits per heavy atom. The van der Waals surface area contributed by atoms with Gasteiger partial charge in [0.25, 0.3) is 0 Å². The third-order valence-electron chi connectivity index (χ3n) is 5.79. The molecule has 1 saturated heterocycles. The lowest BCUT2D eigenvalue weighted by molar-refractivity contribution is -0.146. The normalized spacial score (nSPS) is 21.0. The van der Waals surface area contributed by atoms with Crippen LogP contribution in [0.3, 0.4) is 0 Å². The summed E-state index contributed by atoms with van der Waals surface area (Å²) in [7, 11) is 0. The van der Waals surface area contributed by atoms with Gasteiger partial charge in [0.1, 0.15) is 6.61 Å². The van der Waals surface area contributed by atoms with Crippen LogP contribution in [0, 0.1) is 0 Å². The van der Waals surface area contributed by atoms with E-state index < -0.39 is 17.6 Å². The molecule has 1 fully saturated rings. The van der Waals surface area contributed by atoms with Gasteiger partial charge in [-0.15, -0.1) is 0 Å². The van der Waals surface area contributed by atoms with Crippen LogP contribution in [0.15, 0.2) is 60.7 Å². The molecular formula is C23H23NO4. The van der Waals surface area contributed by atoms with Crippen molar-refractivity contribution in [3.8, 4) is 11.1 Å². The molecule has 1 heterocycles. The summed E-state index contributed by atoms with van der Waals surface area (Å²) in [5.74, 6) is -1.06. The van der Waals surface area contributed by atoms with Crippen LogP contribution in [-0.4, -0.2) is 40.8 Å². The van der Waals surface area contributed by atoms with E-state index in [0.717, 1.165) is 22.3 Å². The molecular weight excluding hydrogens is 354 g/mol. The monoisotopic (exact) mass is 377 g/mol. The SMILES string of the molecule is C/C=C/[C@@]1(C(=O)O)CCCN1C(=O)OCC1c2ccccc2-c2ccccc21. The molecule has 5 nitrogen and oxygen atoms in total. The Morgan fingerprint density at radius 3 is 2.32 bits per heavy atom. The fraction of sp³-hybridized carbons (Fsp3) is 0.304. The Balaban J connectivity index is 1.57. The maximum Gasteiger partial charge on any atom is 0.411 e.